The summed E-state index contributed by atoms with van der Waals surface area (Å²) in [5.74, 6) is 1.38. The molecule has 0 aliphatic rings. The second-order valence-corrected chi connectivity index (χ2v) is 8.36. The number of rotatable bonds is 6. The van der Waals surface area contributed by atoms with Crippen molar-refractivity contribution < 1.29 is 4.79 Å². The molecule has 0 unspecified atom stereocenters. The van der Waals surface area contributed by atoms with Gasteiger partial charge >= 0.3 is 0 Å². The molecule has 0 radical (unpaired) electrons. The van der Waals surface area contributed by atoms with Gasteiger partial charge in [0.25, 0.3) is 0 Å². The van der Waals surface area contributed by atoms with Crippen LogP contribution in [-0.2, 0) is 17.1 Å². The van der Waals surface area contributed by atoms with E-state index in [4.69, 9.17) is 0 Å². The number of carbonyl (C=O) groups excluding carboxylic acids is 1. The molecule has 1 heterocycles. The summed E-state index contributed by atoms with van der Waals surface area (Å²) in [4.78, 5) is 18.7. The minimum absolute atomic E-state index is 0.136. The first kappa shape index (κ1) is 17.5. The first-order valence-corrected chi connectivity index (χ1v) is 10.3. The number of aromatic nitrogens is 1. The van der Waals surface area contributed by atoms with Crippen molar-refractivity contribution in [3.05, 3.63) is 63.6 Å². The van der Waals surface area contributed by atoms with Crippen molar-refractivity contribution >= 4 is 55.2 Å². The molecule has 2 aromatic carbocycles. The average Bonchev–Trinajstić information content (AvgIpc) is 2.99. The van der Waals surface area contributed by atoms with Crippen LogP contribution in [0.15, 0.2) is 53.0 Å². The van der Waals surface area contributed by atoms with Crippen LogP contribution in [0.2, 0.25) is 0 Å². The van der Waals surface area contributed by atoms with Gasteiger partial charge in [0.05, 0.1) is 16.0 Å². The standard InChI is InChI=1S/C18H17BrN2OS2/c1-21(10-13-6-2-3-7-14(13)19)18(22)12-23-11-17-20-15-8-4-5-9-16(15)24-17/h2-9H,10-12H2,1H3. The third kappa shape index (κ3) is 4.37. The van der Waals surface area contributed by atoms with Crippen molar-refractivity contribution in [3.8, 4) is 0 Å². The number of fused-ring (bicyclic) bond motifs is 1. The van der Waals surface area contributed by atoms with Crippen LogP contribution in [0.5, 0.6) is 0 Å². The Hall–Kier alpha value is -1.37. The SMILES string of the molecule is CN(Cc1ccccc1Br)C(=O)CSCc1nc2ccccc2s1. The molecule has 124 valence electrons. The molecule has 6 heteroatoms. The zero-order valence-corrected chi connectivity index (χ0v) is 16.5. The number of thiazole rings is 1. The van der Waals surface area contributed by atoms with Crippen molar-refractivity contribution in [1.29, 1.82) is 0 Å². The van der Waals surface area contributed by atoms with Crippen molar-refractivity contribution in [3.63, 3.8) is 0 Å². The van der Waals surface area contributed by atoms with Crippen molar-refractivity contribution in [1.82, 2.24) is 9.88 Å². The largest absolute Gasteiger partial charge is 0.341 e. The minimum atomic E-state index is 0.136. The molecular formula is C18H17BrN2OS2. The van der Waals surface area contributed by atoms with E-state index in [-0.39, 0.29) is 5.91 Å². The molecule has 0 saturated heterocycles. The van der Waals surface area contributed by atoms with Crippen LogP contribution in [0.4, 0.5) is 0 Å². The number of carbonyl (C=O) groups is 1. The van der Waals surface area contributed by atoms with E-state index in [0.29, 0.717) is 12.3 Å². The van der Waals surface area contributed by atoms with Gasteiger partial charge in [-0.3, -0.25) is 4.79 Å². The van der Waals surface area contributed by atoms with Crippen LogP contribution in [0, 0.1) is 0 Å². The number of amides is 1. The summed E-state index contributed by atoms with van der Waals surface area (Å²) in [5, 5.41) is 1.07. The third-order valence-corrected chi connectivity index (χ3v) is 6.50. The van der Waals surface area contributed by atoms with Gasteiger partial charge < -0.3 is 4.90 Å². The lowest BCUT2D eigenvalue weighted by atomic mass is 10.2. The Morgan fingerprint density at radius 1 is 1.21 bits per heavy atom. The molecule has 0 atom stereocenters. The second kappa shape index (κ2) is 8.14. The van der Waals surface area contributed by atoms with Gasteiger partial charge in [-0.15, -0.1) is 23.1 Å². The molecule has 0 bridgehead atoms. The van der Waals surface area contributed by atoms with Gasteiger partial charge in [0.15, 0.2) is 0 Å². The van der Waals surface area contributed by atoms with Gasteiger partial charge in [-0.25, -0.2) is 4.98 Å². The zero-order chi connectivity index (χ0) is 16.9. The first-order chi connectivity index (χ1) is 11.6. The smallest absolute Gasteiger partial charge is 0.232 e. The molecule has 1 amide bonds. The van der Waals surface area contributed by atoms with E-state index in [9.17, 15) is 4.79 Å². The van der Waals surface area contributed by atoms with Crippen LogP contribution in [0.3, 0.4) is 0 Å². The number of thioether (sulfide) groups is 1. The molecule has 3 nitrogen and oxygen atoms in total. The lowest BCUT2D eigenvalue weighted by Gasteiger charge is -2.17. The van der Waals surface area contributed by atoms with Crippen LogP contribution in [-0.4, -0.2) is 28.6 Å². The van der Waals surface area contributed by atoms with Crippen molar-refractivity contribution in [2.45, 2.75) is 12.3 Å². The Labute approximate surface area is 158 Å². The first-order valence-electron chi connectivity index (χ1n) is 7.53. The predicted molar refractivity (Wildman–Crippen MR) is 106 cm³/mol. The molecule has 0 saturated carbocycles. The summed E-state index contributed by atoms with van der Waals surface area (Å²) < 4.78 is 2.23. The van der Waals surface area contributed by atoms with Crippen LogP contribution < -0.4 is 0 Å². The zero-order valence-electron chi connectivity index (χ0n) is 13.2. The van der Waals surface area contributed by atoms with Crippen LogP contribution >= 0.6 is 39.0 Å². The minimum Gasteiger partial charge on any atom is -0.341 e. The molecule has 0 fully saturated rings. The predicted octanol–water partition coefficient (Wildman–Crippen LogP) is 4.95. The number of para-hydroxylation sites is 1. The van der Waals surface area contributed by atoms with E-state index < -0.39 is 0 Å². The van der Waals surface area contributed by atoms with E-state index in [1.165, 1.54) is 4.70 Å². The van der Waals surface area contributed by atoms with Crippen molar-refractivity contribution in [2.75, 3.05) is 12.8 Å². The van der Waals surface area contributed by atoms with Gasteiger partial charge in [-0.1, -0.05) is 46.3 Å². The maximum absolute atomic E-state index is 12.3. The fourth-order valence-electron chi connectivity index (χ4n) is 2.29. The number of nitrogens with zero attached hydrogens (tertiary/aromatic N) is 2. The van der Waals surface area contributed by atoms with Gasteiger partial charge in [-0.2, -0.15) is 0 Å². The molecule has 0 aliphatic heterocycles. The average molecular weight is 421 g/mol. The van der Waals surface area contributed by atoms with E-state index in [1.807, 2.05) is 49.5 Å². The Morgan fingerprint density at radius 3 is 2.75 bits per heavy atom. The fraction of sp³-hybridized carbons (Fsp3) is 0.222. The van der Waals surface area contributed by atoms with Crippen LogP contribution in [0.25, 0.3) is 10.2 Å². The molecule has 0 N–H and O–H groups in total. The van der Waals surface area contributed by atoms with Crippen molar-refractivity contribution in [2.24, 2.45) is 0 Å². The summed E-state index contributed by atoms with van der Waals surface area (Å²) >= 11 is 6.84. The molecule has 24 heavy (non-hydrogen) atoms. The van der Waals surface area contributed by atoms with E-state index >= 15 is 0 Å². The summed E-state index contributed by atoms with van der Waals surface area (Å²) in [7, 11) is 1.85. The Bertz CT molecular complexity index is 817. The van der Waals surface area contributed by atoms with Gasteiger partial charge in [0.2, 0.25) is 5.91 Å². The lowest BCUT2D eigenvalue weighted by molar-refractivity contribution is -0.127. The highest BCUT2D eigenvalue weighted by Gasteiger charge is 2.11. The molecule has 3 aromatic rings. The highest BCUT2D eigenvalue weighted by atomic mass is 79.9. The van der Waals surface area contributed by atoms with E-state index in [1.54, 1.807) is 28.0 Å². The summed E-state index contributed by atoms with van der Waals surface area (Å²) in [5.41, 5.74) is 2.15. The molecule has 0 aliphatic carbocycles. The number of hydrogen-bond donors (Lipinski definition) is 0. The maximum Gasteiger partial charge on any atom is 0.232 e. The Morgan fingerprint density at radius 2 is 1.96 bits per heavy atom. The summed E-state index contributed by atoms with van der Waals surface area (Å²) in [6.45, 7) is 0.613. The Kier molecular flexibility index (Phi) is 5.92. The van der Waals surface area contributed by atoms with Gasteiger partial charge in [-0.05, 0) is 23.8 Å². The quantitative estimate of drug-likeness (QED) is 0.565. The molecular weight excluding hydrogens is 404 g/mol. The monoisotopic (exact) mass is 420 g/mol. The summed E-state index contributed by atoms with van der Waals surface area (Å²) in [6, 6.07) is 16.1. The lowest BCUT2D eigenvalue weighted by Crippen LogP contribution is -2.28. The third-order valence-electron chi connectivity index (χ3n) is 3.58. The maximum atomic E-state index is 12.3. The molecule has 0 spiro atoms. The topological polar surface area (TPSA) is 33.2 Å². The van der Waals surface area contributed by atoms with E-state index in [0.717, 1.165) is 26.3 Å². The Balaban J connectivity index is 1.50. The highest BCUT2D eigenvalue weighted by molar-refractivity contribution is 9.10. The second-order valence-electron chi connectivity index (χ2n) is 5.41. The molecule has 3 rings (SSSR count). The number of benzene rings is 2. The van der Waals surface area contributed by atoms with E-state index in [2.05, 4.69) is 27.0 Å². The molecule has 1 aromatic heterocycles. The van der Waals surface area contributed by atoms with Crippen LogP contribution in [0.1, 0.15) is 10.6 Å². The fourth-order valence-corrected chi connectivity index (χ4v) is 4.68. The van der Waals surface area contributed by atoms with Gasteiger partial charge in [0.1, 0.15) is 5.01 Å². The number of halogens is 1. The van der Waals surface area contributed by atoms with Gasteiger partial charge in [0, 0.05) is 23.8 Å². The highest BCUT2D eigenvalue weighted by Crippen LogP contribution is 2.25. The normalized spacial score (nSPS) is 10.9. The number of hydrogen-bond acceptors (Lipinski definition) is 4. The summed E-state index contributed by atoms with van der Waals surface area (Å²) in [6.07, 6.45) is 0.